The second-order valence-corrected chi connectivity index (χ2v) is 6.07. The lowest BCUT2D eigenvalue weighted by Crippen LogP contribution is -2.14. The maximum Gasteiger partial charge on any atom is 0.303 e. The number of hydrogen-bond donors (Lipinski definition) is 2. The number of aliphatic carboxylic acids is 1. The molecule has 0 aliphatic rings. The Morgan fingerprint density at radius 3 is 2.76 bits per heavy atom. The molecule has 0 radical (unpaired) electrons. The second-order valence-electron chi connectivity index (χ2n) is 6.07. The molecule has 1 aromatic carbocycles. The molecule has 0 unspecified atom stereocenters. The molecule has 25 heavy (non-hydrogen) atoms. The molecule has 0 spiro atoms. The summed E-state index contributed by atoms with van der Waals surface area (Å²) in [6.07, 6.45) is 0.592. The number of anilines is 1. The molecule has 0 saturated heterocycles. The Labute approximate surface area is 144 Å². The summed E-state index contributed by atoms with van der Waals surface area (Å²) in [6, 6.07) is 7.98. The van der Waals surface area contributed by atoms with Crippen molar-refractivity contribution < 1.29 is 14.7 Å². The van der Waals surface area contributed by atoms with Crippen LogP contribution in [0.1, 0.15) is 31.7 Å². The first-order valence-electron chi connectivity index (χ1n) is 8.27. The number of aryl methyl sites for hydroxylation is 2. The Bertz CT molecular complexity index is 962. The van der Waals surface area contributed by atoms with E-state index in [9.17, 15) is 9.59 Å². The van der Waals surface area contributed by atoms with Gasteiger partial charge in [-0.2, -0.15) is 5.10 Å². The monoisotopic (exact) mass is 340 g/mol. The van der Waals surface area contributed by atoms with Gasteiger partial charge in [-0.1, -0.05) is 19.1 Å². The van der Waals surface area contributed by atoms with Crippen LogP contribution >= 0.6 is 0 Å². The summed E-state index contributed by atoms with van der Waals surface area (Å²) < 4.78 is 1.78. The number of rotatable bonds is 6. The number of amides is 1. The molecule has 0 fully saturated rings. The number of carboxylic acid groups (broad SMARTS) is 1. The SMILES string of the molecule is CCCn1nc(NC(=O)CCC(=O)O)c2cc3ccc(C)cc3nc21. The molecule has 130 valence electrons. The zero-order valence-corrected chi connectivity index (χ0v) is 14.2. The highest BCUT2D eigenvalue weighted by molar-refractivity contribution is 6.03. The number of carbonyl (C=O) groups is 2. The summed E-state index contributed by atoms with van der Waals surface area (Å²) in [5.74, 6) is -0.942. The number of carboxylic acids is 1. The van der Waals surface area contributed by atoms with E-state index in [2.05, 4.69) is 10.4 Å². The van der Waals surface area contributed by atoms with Crippen molar-refractivity contribution in [3.63, 3.8) is 0 Å². The minimum absolute atomic E-state index is 0.0856. The predicted molar refractivity (Wildman–Crippen MR) is 95.6 cm³/mol. The predicted octanol–water partition coefficient (Wildman–Crippen LogP) is 3.11. The van der Waals surface area contributed by atoms with Crippen LogP contribution in [0.2, 0.25) is 0 Å². The van der Waals surface area contributed by atoms with Crippen LogP contribution in [0, 0.1) is 6.92 Å². The van der Waals surface area contributed by atoms with E-state index >= 15 is 0 Å². The lowest BCUT2D eigenvalue weighted by Gasteiger charge is -2.03. The van der Waals surface area contributed by atoms with Crippen molar-refractivity contribution in [2.75, 3.05) is 5.32 Å². The molecule has 0 aliphatic carbocycles. The third-order valence-corrected chi connectivity index (χ3v) is 3.93. The Morgan fingerprint density at radius 1 is 1.24 bits per heavy atom. The van der Waals surface area contributed by atoms with Gasteiger partial charge in [0, 0.05) is 18.4 Å². The highest BCUT2D eigenvalue weighted by Crippen LogP contribution is 2.26. The first-order valence-corrected chi connectivity index (χ1v) is 8.27. The fourth-order valence-electron chi connectivity index (χ4n) is 2.73. The lowest BCUT2D eigenvalue weighted by molar-refractivity contribution is -0.138. The molecule has 3 rings (SSSR count). The number of fused-ring (bicyclic) bond motifs is 2. The molecule has 0 saturated carbocycles. The first kappa shape index (κ1) is 16.9. The quantitative estimate of drug-likeness (QED) is 0.718. The molecule has 7 nitrogen and oxygen atoms in total. The Balaban J connectivity index is 2.04. The van der Waals surface area contributed by atoms with Crippen molar-refractivity contribution >= 4 is 39.6 Å². The van der Waals surface area contributed by atoms with Crippen LogP contribution in [-0.2, 0) is 16.1 Å². The molecule has 3 aromatic rings. The van der Waals surface area contributed by atoms with E-state index in [1.165, 1.54) is 0 Å². The molecule has 1 amide bonds. The minimum atomic E-state index is -1.00. The summed E-state index contributed by atoms with van der Waals surface area (Å²) in [6.45, 7) is 4.75. The summed E-state index contributed by atoms with van der Waals surface area (Å²) >= 11 is 0. The van der Waals surface area contributed by atoms with E-state index in [-0.39, 0.29) is 18.7 Å². The summed E-state index contributed by atoms with van der Waals surface area (Å²) in [5.41, 5.74) is 2.73. The maximum atomic E-state index is 12.0. The van der Waals surface area contributed by atoms with E-state index in [1.807, 2.05) is 38.1 Å². The molecule has 0 atom stereocenters. The smallest absolute Gasteiger partial charge is 0.303 e. The van der Waals surface area contributed by atoms with Gasteiger partial charge in [0.25, 0.3) is 0 Å². The van der Waals surface area contributed by atoms with E-state index in [0.29, 0.717) is 18.0 Å². The van der Waals surface area contributed by atoms with Gasteiger partial charge < -0.3 is 10.4 Å². The summed E-state index contributed by atoms with van der Waals surface area (Å²) in [5, 5.41) is 17.6. The summed E-state index contributed by atoms with van der Waals surface area (Å²) in [7, 11) is 0. The molecule has 2 heterocycles. The van der Waals surface area contributed by atoms with Crippen molar-refractivity contribution in [1.82, 2.24) is 14.8 Å². The van der Waals surface area contributed by atoms with Gasteiger partial charge in [0.05, 0.1) is 17.3 Å². The fourth-order valence-corrected chi connectivity index (χ4v) is 2.73. The van der Waals surface area contributed by atoms with Crippen molar-refractivity contribution in [1.29, 1.82) is 0 Å². The highest BCUT2D eigenvalue weighted by atomic mass is 16.4. The molecule has 7 heteroatoms. The summed E-state index contributed by atoms with van der Waals surface area (Å²) in [4.78, 5) is 27.3. The number of benzene rings is 1. The molecule has 2 aromatic heterocycles. The number of carbonyl (C=O) groups excluding carboxylic acids is 1. The number of nitrogens with one attached hydrogen (secondary N) is 1. The van der Waals surface area contributed by atoms with Crippen LogP contribution in [0.25, 0.3) is 21.9 Å². The van der Waals surface area contributed by atoms with E-state index in [4.69, 9.17) is 10.1 Å². The average Bonchev–Trinajstić information content (AvgIpc) is 2.88. The zero-order chi connectivity index (χ0) is 18.0. The molecule has 2 N–H and O–H groups in total. The zero-order valence-electron chi connectivity index (χ0n) is 14.2. The molecular formula is C18H20N4O3. The van der Waals surface area contributed by atoms with Crippen molar-refractivity contribution in [2.24, 2.45) is 0 Å². The van der Waals surface area contributed by atoms with Gasteiger partial charge in [0.15, 0.2) is 11.5 Å². The van der Waals surface area contributed by atoms with Crippen LogP contribution in [0.4, 0.5) is 5.82 Å². The van der Waals surface area contributed by atoms with Crippen LogP contribution < -0.4 is 5.32 Å². The Morgan fingerprint density at radius 2 is 2.04 bits per heavy atom. The number of nitrogens with zero attached hydrogens (tertiary/aromatic N) is 3. The number of hydrogen-bond acceptors (Lipinski definition) is 4. The average molecular weight is 340 g/mol. The largest absolute Gasteiger partial charge is 0.481 e. The van der Waals surface area contributed by atoms with Crippen molar-refractivity contribution in [2.45, 2.75) is 39.7 Å². The van der Waals surface area contributed by atoms with Gasteiger partial charge in [-0.3, -0.25) is 9.59 Å². The van der Waals surface area contributed by atoms with Crippen molar-refractivity contribution in [3.05, 3.63) is 29.8 Å². The van der Waals surface area contributed by atoms with Crippen molar-refractivity contribution in [3.8, 4) is 0 Å². The Kier molecular flexibility index (Phi) is 4.65. The first-order chi connectivity index (χ1) is 12.0. The van der Waals surface area contributed by atoms with E-state index < -0.39 is 5.97 Å². The van der Waals surface area contributed by atoms with E-state index in [1.54, 1.807) is 4.68 Å². The normalized spacial score (nSPS) is 11.1. The topological polar surface area (TPSA) is 97.1 Å². The number of pyridine rings is 1. The van der Waals surface area contributed by atoms with Gasteiger partial charge in [0.1, 0.15) is 0 Å². The minimum Gasteiger partial charge on any atom is -0.481 e. The van der Waals surface area contributed by atoms with E-state index in [0.717, 1.165) is 28.3 Å². The standard InChI is InChI=1S/C18H20N4O3/c1-3-8-22-18-13(10-12-5-4-11(2)9-14(12)19-18)17(21-22)20-15(23)6-7-16(24)25/h4-5,9-10H,3,6-8H2,1-2H3,(H,24,25)(H,20,21,23). The van der Waals surface area contributed by atoms with Gasteiger partial charge in [-0.25, -0.2) is 9.67 Å². The Hall–Kier alpha value is -2.96. The maximum absolute atomic E-state index is 12.0. The van der Waals surface area contributed by atoms with Crippen LogP contribution in [-0.4, -0.2) is 31.7 Å². The van der Waals surface area contributed by atoms with Gasteiger partial charge in [-0.15, -0.1) is 0 Å². The van der Waals surface area contributed by atoms with Crippen LogP contribution in [0.3, 0.4) is 0 Å². The van der Waals surface area contributed by atoms with Crippen LogP contribution in [0.15, 0.2) is 24.3 Å². The van der Waals surface area contributed by atoms with Gasteiger partial charge in [-0.05, 0) is 31.0 Å². The van der Waals surface area contributed by atoms with Crippen LogP contribution in [0.5, 0.6) is 0 Å². The highest BCUT2D eigenvalue weighted by Gasteiger charge is 2.15. The lowest BCUT2D eigenvalue weighted by atomic mass is 10.1. The second kappa shape index (κ2) is 6.88. The van der Waals surface area contributed by atoms with Gasteiger partial charge >= 0.3 is 5.97 Å². The fraction of sp³-hybridized carbons (Fsp3) is 0.333. The van der Waals surface area contributed by atoms with Gasteiger partial charge in [0.2, 0.25) is 5.91 Å². The molecule has 0 bridgehead atoms. The number of aromatic nitrogens is 3. The third-order valence-electron chi connectivity index (χ3n) is 3.93. The third kappa shape index (κ3) is 3.60. The molecule has 0 aliphatic heterocycles. The molecular weight excluding hydrogens is 320 g/mol.